The number of aromatic carboxylic acids is 1. The molecule has 0 saturated carbocycles. The molecule has 6 aliphatic rings. The van der Waals surface area contributed by atoms with Crippen LogP contribution >= 0.6 is 15.9 Å². The van der Waals surface area contributed by atoms with E-state index in [1.807, 2.05) is 165 Å². The standard InChI is InChI=1S/C25H29N3O3.C16H23NO3.C15H21NO3.2C13H17NO3.C13H15NO3.C10H10N2O.C3H7Br/c1-16(2)31-15-18-6-9-23(28-10-4-5-11-28)21(13-18)25(30)26-19-7-8-22-20(14-19)17(3)12-24(29)27-22;1-12(2)20-11-13-6-7-15(17-8-4-5-9-17)14(10-13)16(18)19-3;1-11(2)19-10-12-5-6-14(13(9-12)15(17)18)16-7-3-4-8-16;3*1-17-13(16)11-8-10(9-15)4-5-12(11)14-6-2-3-7-14;1-6-4-10(13)12-9-3-2-7(11)5-8(6)9;1-3(2)4/h6-9,12-14,16H,4-5,10-11,15H2,1-3H3,(H,26,30)(H,27,29);6-7,10,12H,4-5,8-9,11H2,1-3H3;5-6,9,11H,3-4,7-8,10H2,1-2H3,(H,17,18);2*4-5,8,15H,2-3,6-7,9H2,1H3;4-5,8-9H,2-3,6-7H2,1H3;2-5H,11H2,1H3,(H,12,13);3H,1-2H3. The second-order valence-electron chi connectivity index (χ2n) is 35.7. The number of benzene rings is 8. The maximum atomic E-state index is 13.3. The summed E-state index contributed by atoms with van der Waals surface area (Å²) in [6.07, 6.45) is 15.0. The van der Waals surface area contributed by atoms with Crippen LogP contribution in [-0.2, 0) is 66.2 Å². The normalized spacial score (nSPS) is 14.2. The number of anilines is 8. The first kappa shape index (κ1) is 109. The van der Waals surface area contributed by atoms with Gasteiger partial charge >= 0.3 is 29.8 Å². The van der Waals surface area contributed by atoms with E-state index in [-0.39, 0.29) is 66.5 Å². The molecule has 0 bridgehead atoms. The molecule has 16 rings (SSSR count). The molecular weight excluding hydrogens is 1820 g/mol. The number of aldehydes is 1. The average Bonchev–Trinajstić information content (AvgIpc) is 1.54. The molecule has 8 aromatic carbocycles. The summed E-state index contributed by atoms with van der Waals surface area (Å²) in [6.45, 7) is 32.8. The molecular formula is C108H139BrN10O19. The lowest BCUT2D eigenvalue weighted by Crippen LogP contribution is -2.23. The van der Waals surface area contributed by atoms with Crippen LogP contribution in [0, 0.1) is 13.8 Å². The minimum atomic E-state index is -0.867. The van der Waals surface area contributed by atoms with E-state index >= 15 is 0 Å². The summed E-state index contributed by atoms with van der Waals surface area (Å²) in [5.74, 6) is -2.37. The average molecular weight is 1960 g/mol. The van der Waals surface area contributed by atoms with E-state index < -0.39 is 11.9 Å². The van der Waals surface area contributed by atoms with Crippen LogP contribution in [0.2, 0.25) is 0 Å². The van der Waals surface area contributed by atoms with Crippen molar-refractivity contribution in [3.05, 3.63) is 256 Å². The van der Waals surface area contributed by atoms with Gasteiger partial charge in [-0.1, -0.05) is 60.1 Å². The summed E-state index contributed by atoms with van der Waals surface area (Å²) >= 11 is 3.27. The number of alkyl halides is 1. The Hall–Kier alpha value is -12.5. The number of H-pyrrole nitrogens is 2. The third-order valence-electron chi connectivity index (χ3n) is 23.7. The highest BCUT2D eigenvalue weighted by molar-refractivity contribution is 9.09. The molecule has 742 valence electrons. The Morgan fingerprint density at radius 2 is 0.659 bits per heavy atom. The summed E-state index contributed by atoms with van der Waals surface area (Å²) in [5.41, 5.74) is 23.8. The molecule has 1 amide bonds. The van der Waals surface area contributed by atoms with E-state index in [0.717, 1.165) is 244 Å². The number of carboxylic acid groups (broad SMARTS) is 1. The number of aliphatic hydroxyl groups excluding tert-OH is 2. The second-order valence-corrected chi connectivity index (χ2v) is 37.5. The Morgan fingerprint density at radius 1 is 0.384 bits per heavy atom. The SMILES string of the molecule is CC(C)Br.CC(C)OCc1ccc(N2CCCC2)c(C(=O)O)c1.COC(=O)c1cc(C=O)ccc1N1CCCC1.COC(=O)c1cc(CO)ccc1N1CCCC1.COC(=O)c1cc(CO)ccc1N1CCCC1.COC(=O)c1cc(COC(C)C)ccc1N1CCCC1.Cc1cc(=O)[nH]c2ccc(N)cc12.Cc1cc(=O)[nH]c2ccc(NC(=O)c3cc(COC(C)C)ccc3N3CCCC3)cc12. The zero-order valence-electron chi connectivity index (χ0n) is 82.4. The number of aryl methyl sites for hydroxylation is 2. The van der Waals surface area contributed by atoms with Crippen molar-refractivity contribution in [2.45, 2.75) is 202 Å². The van der Waals surface area contributed by atoms with Crippen LogP contribution in [0.15, 0.2) is 167 Å². The van der Waals surface area contributed by atoms with Gasteiger partial charge in [0.2, 0.25) is 11.1 Å². The minimum absolute atomic E-state index is 0.0652. The number of carboxylic acids is 1. The van der Waals surface area contributed by atoms with Crippen LogP contribution < -0.4 is 51.6 Å². The van der Waals surface area contributed by atoms with Gasteiger partial charge in [0.05, 0.1) is 142 Å². The monoisotopic (exact) mass is 1960 g/mol. The predicted molar refractivity (Wildman–Crippen MR) is 552 cm³/mol. The number of pyridine rings is 2. The Morgan fingerprint density at radius 3 is 0.971 bits per heavy atom. The van der Waals surface area contributed by atoms with Crippen LogP contribution in [0.1, 0.15) is 244 Å². The van der Waals surface area contributed by atoms with Crippen molar-refractivity contribution in [1.29, 1.82) is 0 Å². The number of carbonyl (C=O) groups is 7. The number of rotatable bonds is 25. The molecule has 0 unspecified atom stereocenters. The molecule has 2 aromatic heterocycles. The molecule has 0 spiro atoms. The number of hydrogen-bond donors (Lipinski definition) is 7. The van der Waals surface area contributed by atoms with Gasteiger partial charge in [0.25, 0.3) is 5.91 Å². The van der Waals surface area contributed by atoms with Crippen LogP contribution in [0.5, 0.6) is 0 Å². The van der Waals surface area contributed by atoms with Gasteiger partial charge < -0.3 is 98.9 Å². The van der Waals surface area contributed by atoms with Crippen LogP contribution in [0.3, 0.4) is 0 Å². The van der Waals surface area contributed by atoms with Crippen LogP contribution in [0.25, 0.3) is 21.8 Å². The number of aliphatic hydroxyl groups is 2. The summed E-state index contributed by atoms with van der Waals surface area (Å²) < 4.78 is 36.1. The molecule has 0 aliphatic carbocycles. The number of nitrogens with one attached hydrogen (secondary N) is 3. The molecule has 30 heteroatoms. The van der Waals surface area contributed by atoms with E-state index in [2.05, 4.69) is 74.5 Å². The molecule has 0 atom stereocenters. The second kappa shape index (κ2) is 55.2. The lowest BCUT2D eigenvalue weighted by molar-refractivity contribution is 0.0588. The smallest absolute Gasteiger partial charge is 0.339 e. The molecule has 8 N–H and O–H groups in total. The van der Waals surface area contributed by atoms with E-state index in [0.29, 0.717) is 75.0 Å². The van der Waals surface area contributed by atoms with Gasteiger partial charge in [-0.15, -0.1) is 0 Å². The third kappa shape index (κ3) is 32.6. The topological polar surface area (TPSA) is 368 Å². The van der Waals surface area contributed by atoms with E-state index in [9.17, 15) is 48.3 Å². The summed E-state index contributed by atoms with van der Waals surface area (Å²) in [6, 6.07) is 47.7. The molecule has 8 heterocycles. The number of fused-ring (bicyclic) bond motifs is 2. The number of nitrogens with two attached hydrogens (primary N) is 1. The van der Waals surface area contributed by atoms with Crippen molar-refractivity contribution < 1.29 is 82.0 Å². The lowest BCUT2D eigenvalue weighted by Gasteiger charge is -2.22. The van der Waals surface area contributed by atoms with Crippen molar-refractivity contribution in [3.63, 3.8) is 0 Å². The van der Waals surface area contributed by atoms with Crippen LogP contribution in [0.4, 0.5) is 45.5 Å². The van der Waals surface area contributed by atoms with Crippen LogP contribution in [-0.4, -0.2) is 197 Å². The number of ether oxygens (including phenoxy) is 7. The van der Waals surface area contributed by atoms with Crippen molar-refractivity contribution in [2.24, 2.45) is 0 Å². The van der Waals surface area contributed by atoms with Gasteiger partial charge in [0.15, 0.2) is 0 Å². The quantitative estimate of drug-likeness (QED) is 0.00918. The van der Waals surface area contributed by atoms with Crippen molar-refractivity contribution in [2.75, 3.05) is 147 Å². The van der Waals surface area contributed by atoms with Gasteiger partial charge in [0, 0.05) is 140 Å². The molecule has 6 saturated heterocycles. The van der Waals surface area contributed by atoms with E-state index in [1.165, 1.54) is 41.3 Å². The Balaban J connectivity index is 0.000000182. The number of aromatic amines is 2. The Bertz CT molecular complexity index is 5740. The third-order valence-corrected chi connectivity index (χ3v) is 23.7. The number of carbonyl (C=O) groups excluding carboxylic acids is 6. The highest BCUT2D eigenvalue weighted by Gasteiger charge is 2.28. The number of nitrogens with zero attached hydrogens (tertiary/aromatic N) is 6. The molecule has 10 aromatic rings. The first-order chi connectivity index (χ1) is 66.3. The Labute approximate surface area is 818 Å². The minimum Gasteiger partial charge on any atom is -0.478 e. The number of esters is 4. The number of hydrogen-bond acceptors (Lipinski definition) is 25. The number of nitrogen functional groups attached to an aromatic ring is 1. The summed E-state index contributed by atoms with van der Waals surface area (Å²) in [4.78, 5) is 125. The van der Waals surface area contributed by atoms with Gasteiger partial charge in [-0.3, -0.25) is 19.2 Å². The van der Waals surface area contributed by atoms with Crippen molar-refractivity contribution in [3.8, 4) is 0 Å². The number of methoxy groups -OCH3 is 4. The molecule has 0 radical (unpaired) electrons. The fourth-order valence-electron chi connectivity index (χ4n) is 16.8. The zero-order valence-corrected chi connectivity index (χ0v) is 84.0. The highest BCUT2D eigenvalue weighted by atomic mass is 79.9. The first-order valence-electron chi connectivity index (χ1n) is 47.6. The zero-order chi connectivity index (χ0) is 100. The molecule has 138 heavy (non-hydrogen) atoms. The predicted octanol–water partition coefficient (Wildman–Crippen LogP) is 18.7. The maximum absolute atomic E-state index is 13.3. The number of aromatic nitrogens is 2. The fraction of sp³-hybridized carbons (Fsp3) is 0.435. The molecule has 6 fully saturated rings. The van der Waals surface area contributed by atoms with Gasteiger partial charge in [-0.2, -0.15) is 0 Å². The largest absolute Gasteiger partial charge is 0.478 e. The fourth-order valence-corrected chi connectivity index (χ4v) is 16.8. The van der Waals surface area contributed by atoms with E-state index in [4.69, 9.17) is 49.1 Å². The molecule has 6 aliphatic heterocycles. The lowest BCUT2D eigenvalue weighted by atomic mass is 10.1. The van der Waals surface area contributed by atoms with Gasteiger partial charge in [0.1, 0.15) is 6.29 Å². The first-order valence-corrected chi connectivity index (χ1v) is 48.5. The number of halogens is 1. The van der Waals surface area contributed by atoms with Gasteiger partial charge in [-0.25, -0.2) is 24.0 Å². The molecule has 29 nitrogen and oxygen atoms in total. The maximum Gasteiger partial charge on any atom is 0.339 e. The number of amides is 1. The van der Waals surface area contributed by atoms with Crippen molar-refractivity contribution >= 4 is 125 Å². The summed E-state index contributed by atoms with van der Waals surface area (Å²) in [7, 11) is 5.53. The summed E-state index contributed by atoms with van der Waals surface area (Å²) in [5, 5.41) is 32.5. The van der Waals surface area contributed by atoms with Crippen molar-refractivity contribution in [1.82, 2.24) is 9.97 Å². The highest BCUT2D eigenvalue weighted by Crippen LogP contribution is 2.35. The Kier molecular flexibility index (Phi) is 43.7. The van der Waals surface area contributed by atoms with Gasteiger partial charge in [-0.05, 0) is 287 Å². The van der Waals surface area contributed by atoms with E-state index in [1.54, 1.807) is 48.5 Å².